The third kappa shape index (κ3) is 4.27. The van der Waals surface area contributed by atoms with Gasteiger partial charge < -0.3 is 19.5 Å². The number of methoxy groups -OCH3 is 2. The maximum Gasteiger partial charge on any atom is 0.303 e. The fourth-order valence-electron chi connectivity index (χ4n) is 3.59. The van der Waals surface area contributed by atoms with Crippen molar-refractivity contribution in [2.45, 2.75) is 38.1 Å². The minimum absolute atomic E-state index is 0.0508. The molecule has 1 aliphatic rings. The number of hydrogen-bond acceptors (Lipinski definition) is 5. The highest BCUT2D eigenvalue weighted by Crippen LogP contribution is 2.32. The van der Waals surface area contributed by atoms with E-state index in [0.29, 0.717) is 35.9 Å². The van der Waals surface area contributed by atoms with Crippen LogP contribution in [0.15, 0.2) is 24.3 Å². The molecule has 0 saturated carbocycles. The fraction of sp³-hybridized carbons (Fsp3) is 0.450. The van der Waals surface area contributed by atoms with Gasteiger partial charge in [-0.15, -0.1) is 0 Å². The van der Waals surface area contributed by atoms with E-state index in [1.54, 1.807) is 37.3 Å². The summed E-state index contributed by atoms with van der Waals surface area (Å²) >= 11 is 0. The van der Waals surface area contributed by atoms with Crippen LogP contribution in [0.1, 0.15) is 42.6 Å². The van der Waals surface area contributed by atoms with Gasteiger partial charge in [0.25, 0.3) is 5.91 Å². The number of aromatic amines is 1. The number of carbonyl (C=O) groups is 2. The van der Waals surface area contributed by atoms with Crippen LogP contribution in [0.3, 0.4) is 0 Å². The predicted octanol–water partition coefficient (Wildman–Crippen LogP) is 2.95. The number of aliphatic carboxylic acids is 1. The number of aromatic nitrogens is 2. The van der Waals surface area contributed by atoms with E-state index in [-0.39, 0.29) is 18.4 Å². The number of carbonyl (C=O) groups excluding carboxylic acids is 1. The molecule has 1 saturated heterocycles. The van der Waals surface area contributed by atoms with Crippen LogP contribution in [0, 0.1) is 0 Å². The molecule has 0 radical (unpaired) electrons. The molecule has 8 nitrogen and oxygen atoms in total. The minimum atomic E-state index is -0.838. The minimum Gasteiger partial charge on any atom is -0.493 e. The first-order valence-corrected chi connectivity index (χ1v) is 9.34. The molecule has 150 valence electrons. The fourth-order valence-corrected chi connectivity index (χ4v) is 3.59. The van der Waals surface area contributed by atoms with Gasteiger partial charge in [-0.05, 0) is 49.9 Å². The lowest BCUT2D eigenvalue weighted by molar-refractivity contribution is -0.137. The van der Waals surface area contributed by atoms with Gasteiger partial charge >= 0.3 is 5.97 Å². The number of amides is 1. The number of ether oxygens (including phenoxy) is 2. The maximum atomic E-state index is 13.0. The Kier molecular flexibility index (Phi) is 6.18. The quantitative estimate of drug-likeness (QED) is 0.757. The van der Waals surface area contributed by atoms with Crippen molar-refractivity contribution in [1.29, 1.82) is 0 Å². The first kappa shape index (κ1) is 19.7. The number of nitrogens with one attached hydrogen (secondary N) is 1. The van der Waals surface area contributed by atoms with Gasteiger partial charge in [0.1, 0.15) is 5.69 Å². The van der Waals surface area contributed by atoms with Gasteiger partial charge in [-0.1, -0.05) is 0 Å². The number of benzene rings is 1. The molecule has 3 rings (SSSR count). The van der Waals surface area contributed by atoms with Gasteiger partial charge in [-0.25, -0.2) is 0 Å². The summed E-state index contributed by atoms with van der Waals surface area (Å²) in [4.78, 5) is 25.7. The number of likely N-dealkylation sites (tertiary alicyclic amines) is 1. The molecule has 8 heteroatoms. The Hall–Kier alpha value is -3.03. The third-order valence-electron chi connectivity index (χ3n) is 5.07. The number of nitrogens with zero attached hydrogens (tertiary/aromatic N) is 2. The van der Waals surface area contributed by atoms with Crippen molar-refractivity contribution >= 4 is 11.9 Å². The van der Waals surface area contributed by atoms with E-state index < -0.39 is 5.97 Å². The van der Waals surface area contributed by atoms with Crippen LogP contribution in [0.2, 0.25) is 0 Å². The lowest BCUT2D eigenvalue weighted by atomic mass is 9.97. The summed E-state index contributed by atoms with van der Waals surface area (Å²) in [6.45, 7) is 0.633. The Morgan fingerprint density at radius 1 is 1.21 bits per heavy atom. The molecule has 0 aliphatic carbocycles. The molecule has 1 amide bonds. The normalized spacial score (nSPS) is 16.6. The van der Waals surface area contributed by atoms with Crippen molar-refractivity contribution in [3.8, 4) is 22.8 Å². The molecule has 0 bridgehead atoms. The van der Waals surface area contributed by atoms with Crippen LogP contribution >= 0.6 is 0 Å². The summed E-state index contributed by atoms with van der Waals surface area (Å²) in [5.74, 6) is 0.220. The van der Waals surface area contributed by atoms with Gasteiger partial charge in [0, 0.05) is 24.6 Å². The number of carboxylic acid groups (broad SMARTS) is 1. The van der Waals surface area contributed by atoms with Crippen LogP contribution in [0.25, 0.3) is 11.3 Å². The monoisotopic (exact) mass is 387 g/mol. The lowest BCUT2D eigenvalue weighted by Crippen LogP contribution is -2.44. The van der Waals surface area contributed by atoms with Gasteiger partial charge in [-0.2, -0.15) is 5.10 Å². The van der Waals surface area contributed by atoms with E-state index in [9.17, 15) is 9.59 Å². The number of piperidine rings is 1. The van der Waals surface area contributed by atoms with Crippen LogP contribution in [-0.2, 0) is 4.79 Å². The molecular formula is C20H25N3O5. The maximum absolute atomic E-state index is 13.0. The summed E-state index contributed by atoms with van der Waals surface area (Å²) in [6.07, 6.45) is 3.29. The highest BCUT2D eigenvalue weighted by molar-refractivity contribution is 5.93. The third-order valence-corrected chi connectivity index (χ3v) is 5.07. The highest BCUT2D eigenvalue weighted by atomic mass is 16.5. The molecule has 28 heavy (non-hydrogen) atoms. The molecule has 0 spiro atoms. The van der Waals surface area contributed by atoms with Crippen molar-refractivity contribution in [2.75, 3.05) is 20.8 Å². The van der Waals surface area contributed by atoms with Crippen LogP contribution in [0.4, 0.5) is 0 Å². The standard InChI is InChI=1S/C20H25N3O5/c1-27-17-8-6-13(11-18(17)28-2)15-12-16(22-21-15)20(26)23-10-4-3-5-14(23)7-9-19(24)25/h6,8,11-12,14H,3-5,7,9-10H2,1-2H3,(H,21,22)(H,24,25). The van der Waals surface area contributed by atoms with Crippen LogP contribution < -0.4 is 9.47 Å². The molecule has 1 aromatic heterocycles. The Bertz CT molecular complexity index is 848. The van der Waals surface area contributed by atoms with E-state index in [1.807, 2.05) is 6.07 Å². The van der Waals surface area contributed by atoms with Gasteiger partial charge in [-0.3, -0.25) is 14.7 Å². The van der Waals surface area contributed by atoms with E-state index >= 15 is 0 Å². The van der Waals surface area contributed by atoms with Crippen molar-refractivity contribution in [1.82, 2.24) is 15.1 Å². The molecule has 2 heterocycles. The molecule has 2 aromatic rings. The van der Waals surface area contributed by atoms with E-state index in [2.05, 4.69) is 10.2 Å². The van der Waals surface area contributed by atoms with Crippen LogP contribution in [0.5, 0.6) is 11.5 Å². The Balaban J connectivity index is 1.78. The highest BCUT2D eigenvalue weighted by Gasteiger charge is 2.29. The predicted molar refractivity (Wildman–Crippen MR) is 103 cm³/mol. The van der Waals surface area contributed by atoms with E-state index in [0.717, 1.165) is 24.8 Å². The zero-order chi connectivity index (χ0) is 20.1. The summed E-state index contributed by atoms with van der Waals surface area (Å²) in [7, 11) is 3.14. The van der Waals surface area contributed by atoms with E-state index in [1.165, 1.54) is 0 Å². The molecule has 1 fully saturated rings. The van der Waals surface area contributed by atoms with Crippen molar-refractivity contribution < 1.29 is 24.2 Å². The topological polar surface area (TPSA) is 105 Å². The van der Waals surface area contributed by atoms with Crippen LogP contribution in [-0.4, -0.2) is 58.9 Å². The molecular weight excluding hydrogens is 362 g/mol. The molecule has 1 aliphatic heterocycles. The van der Waals surface area contributed by atoms with Gasteiger partial charge in [0.05, 0.1) is 19.9 Å². The van der Waals surface area contributed by atoms with Crippen molar-refractivity contribution in [2.24, 2.45) is 0 Å². The first-order valence-electron chi connectivity index (χ1n) is 9.34. The zero-order valence-electron chi connectivity index (χ0n) is 16.1. The second-order valence-corrected chi connectivity index (χ2v) is 6.82. The van der Waals surface area contributed by atoms with Crippen molar-refractivity contribution in [3.63, 3.8) is 0 Å². The van der Waals surface area contributed by atoms with Crippen molar-refractivity contribution in [3.05, 3.63) is 30.0 Å². The van der Waals surface area contributed by atoms with Gasteiger partial charge in [0.2, 0.25) is 0 Å². The second kappa shape index (κ2) is 8.77. The zero-order valence-corrected chi connectivity index (χ0v) is 16.1. The second-order valence-electron chi connectivity index (χ2n) is 6.82. The largest absolute Gasteiger partial charge is 0.493 e. The number of H-pyrrole nitrogens is 1. The molecule has 1 unspecified atom stereocenters. The molecule has 2 N–H and O–H groups in total. The average molecular weight is 387 g/mol. The number of hydrogen-bond donors (Lipinski definition) is 2. The summed E-state index contributed by atoms with van der Waals surface area (Å²) in [5.41, 5.74) is 1.82. The van der Waals surface area contributed by atoms with Gasteiger partial charge in [0.15, 0.2) is 11.5 Å². The average Bonchev–Trinajstić information content (AvgIpc) is 3.21. The lowest BCUT2D eigenvalue weighted by Gasteiger charge is -2.35. The summed E-state index contributed by atoms with van der Waals surface area (Å²) in [5, 5.41) is 16.0. The summed E-state index contributed by atoms with van der Waals surface area (Å²) < 4.78 is 10.6. The number of carboxylic acids is 1. The molecule has 1 atom stereocenters. The smallest absolute Gasteiger partial charge is 0.303 e. The van der Waals surface area contributed by atoms with E-state index in [4.69, 9.17) is 14.6 Å². The first-order chi connectivity index (χ1) is 13.5. The Morgan fingerprint density at radius 3 is 2.71 bits per heavy atom. The summed E-state index contributed by atoms with van der Waals surface area (Å²) in [6, 6.07) is 7.11. The Labute approximate surface area is 163 Å². The SMILES string of the molecule is COc1ccc(-c2cc(C(=O)N3CCCCC3CCC(=O)O)[nH]n2)cc1OC. The Morgan fingerprint density at radius 2 is 2.00 bits per heavy atom. The molecule has 1 aromatic carbocycles. The number of rotatable bonds is 7.